The summed E-state index contributed by atoms with van der Waals surface area (Å²) in [4.78, 5) is 115. The van der Waals surface area contributed by atoms with Gasteiger partial charge in [-0.2, -0.15) is 18.6 Å². The molecular formula is C34H43ClN10O23P4. The molecule has 1 aromatic carbocycles. The van der Waals surface area contributed by atoms with Crippen molar-refractivity contribution >= 4 is 94.5 Å². The minimum absolute atomic E-state index is 0.0215. The zero-order chi connectivity index (χ0) is 53.2. The number of carbonyl (C=O) groups is 3. The molecule has 5 aromatic rings. The van der Waals surface area contributed by atoms with Gasteiger partial charge in [0.25, 0.3) is 11.1 Å². The van der Waals surface area contributed by atoms with E-state index in [0.29, 0.717) is 11.3 Å². The highest BCUT2D eigenvalue weighted by Crippen LogP contribution is 2.66. The fourth-order valence-corrected chi connectivity index (χ4v) is 10.7. The average molecular weight is 1120 g/mol. The van der Waals surface area contributed by atoms with Crippen molar-refractivity contribution in [2.24, 2.45) is 11.8 Å². The Balaban J connectivity index is 0.000000192. The van der Waals surface area contributed by atoms with Crippen LogP contribution in [0.15, 0.2) is 46.5 Å². The number of nitrogens with zero attached hydrogens (tertiary/aromatic N) is 6. The van der Waals surface area contributed by atoms with Gasteiger partial charge < -0.3 is 63.9 Å². The van der Waals surface area contributed by atoms with E-state index in [-0.39, 0.29) is 58.6 Å². The number of aliphatic hydroxyl groups excluding tert-OH is 3. The molecule has 4 aromatic heterocycles. The Morgan fingerprint density at radius 2 is 1.49 bits per heavy atom. The third kappa shape index (κ3) is 13.5. The van der Waals surface area contributed by atoms with Gasteiger partial charge in [-0.3, -0.25) is 48.1 Å². The first-order chi connectivity index (χ1) is 33.6. The van der Waals surface area contributed by atoms with Gasteiger partial charge in [-0.1, -0.05) is 32.9 Å². The van der Waals surface area contributed by atoms with E-state index in [1.165, 1.54) is 17.8 Å². The number of hydrogen-bond acceptors (Lipinski definition) is 24. The fraction of sp³-hybridized carbons (Fsp3) is 0.441. The van der Waals surface area contributed by atoms with Gasteiger partial charge in [0.2, 0.25) is 17.8 Å². The van der Waals surface area contributed by atoms with Gasteiger partial charge in [0.1, 0.15) is 29.6 Å². The van der Waals surface area contributed by atoms with Gasteiger partial charge in [-0.05, 0) is 23.4 Å². The molecule has 1 amide bonds. The minimum atomic E-state index is -5.73. The van der Waals surface area contributed by atoms with Crippen molar-refractivity contribution in [2.75, 3.05) is 24.3 Å². The van der Waals surface area contributed by atoms with E-state index < -0.39 is 104 Å². The number of esters is 1. The molecule has 0 aliphatic carbocycles. The summed E-state index contributed by atoms with van der Waals surface area (Å²) in [6.45, 7) is 5.23. The molecule has 3 aliphatic heterocycles. The number of fused-ring (bicyclic) bond motifs is 3. The third-order valence-electron chi connectivity index (χ3n) is 9.97. The Bertz CT molecular complexity index is 3100. The number of halogens is 1. The van der Waals surface area contributed by atoms with Crippen LogP contribution in [0.25, 0.3) is 22.3 Å². The van der Waals surface area contributed by atoms with Crippen molar-refractivity contribution in [1.29, 1.82) is 0 Å². The number of nitrogens with one attached hydrogen (secondary N) is 3. The summed E-state index contributed by atoms with van der Waals surface area (Å²) in [5.74, 6) is -1.62. The SMILES string of the molecule is CC(=O)O[C@@H]1[C@@H](C)[C@@H](CO)O[C@H]1n1cnc2c(=O)[nH]c(NC(=O)C(C)C)nc21.Nc1nc2c(ncn2[C@@H]2O[C@H](COP(=O)(O)OP(=O)(O)OP(=O)(O)O)[C@H](O)[C@H]2O)c(=O)[nH]1.O=C1OP(Cl)Oc2ccccc21. The second kappa shape index (κ2) is 22.5. The number of carbonyl (C=O) groups excluding carboxylic acids is 3. The fourth-order valence-electron chi connectivity index (χ4n) is 6.70. The van der Waals surface area contributed by atoms with Gasteiger partial charge >= 0.3 is 43.1 Å². The van der Waals surface area contributed by atoms with Crippen molar-refractivity contribution in [3.8, 4) is 5.75 Å². The standard InChI is InChI=1S/C17H23N5O6.C10H16N5O14P3.C7H4ClO3P/c1-7(2)14(25)20-17-19-13-11(15(26)21-17)18-6-22(13)16-12(27-9(4)24)8(3)10(5-23)28-16;11-10-13-7-4(8(18)14-10)12-2-15(7)9-6(17)5(16)3(27-9)1-26-31(22,23)29-32(24,25)28-30(19,20)21;8-12-10-6-4-2-1-3-5(6)7(9)11-12/h6-8,10,12,16,23H,5H2,1-4H3,(H2,19,20,21,25,26);2-3,5-6,9,16-17H,1H2,(H,22,23)(H,24,25)(H2,19,20,21)(H3,11,13,14,18);1-4H/t8-,10+,12+,16+;3-,5+,6-,9-;/m01./s1. The maximum absolute atomic E-state index is 12.3. The van der Waals surface area contributed by atoms with E-state index in [1.807, 2.05) is 0 Å². The summed E-state index contributed by atoms with van der Waals surface area (Å²) in [5, 5.41) is 32.5. The molecule has 12 N–H and O–H groups in total. The Labute approximate surface area is 407 Å². The lowest BCUT2D eigenvalue weighted by molar-refractivity contribution is -0.153. The maximum atomic E-state index is 12.3. The number of aromatic amines is 2. The highest BCUT2D eigenvalue weighted by atomic mass is 35.7. The molecule has 11 atom stereocenters. The quantitative estimate of drug-likeness (QED) is 0.0566. The molecule has 0 radical (unpaired) electrons. The van der Waals surface area contributed by atoms with Crippen LogP contribution in [0, 0.1) is 11.8 Å². The molecule has 0 saturated carbocycles. The summed E-state index contributed by atoms with van der Waals surface area (Å²) >= 11 is 5.54. The number of imidazole rings is 2. The van der Waals surface area contributed by atoms with E-state index in [0.717, 1.165) is 10.9 Å². The van der Waals surface area contributed by atoms with E-state index in [1.54, 1.807) is 45.0 Å². The number of hydrogen-bond donors (Lipinski definition) is 11. The molecule has 2 saturated heterocycles. The molecule has 38 heteroatoms. The van der Waals surface area contributed by atoms with Gasteiger partial charge in [-0.25, -0.2) is 28.5 Å². The summed E-state index contributed by atoms with van der Waals surface area (Å²) < 4.78 is 74.1. The van der Waals surface area contributed by atoms with Crippen molar-refractivity contribution in [1.82, 2.24) is 39.0 Å². The van der Waals surface area contributed by atoms with Gasteiger partial charge in [-0.15, -0.1) is 0 Å². The van der Waals surface area contributed by atoms with Gasteiger partial charge in [0.15, 0.2) is 40.9 Å². The van der Waals surface area contributed by atoms with Crippen LogP contribution in [-0.2, 0) is 55.2 Å². The van der Waals surface area contributed by atoms with Crippen LogP contribution >= 0.6 is 42.4 Å². The number of nitrogen functional groups attached to an aromatic ring is 1. The van der Waals surface area contributed by atoms with Crippen LogP contribution < -0.4 is 26.7 Å². The number of ether oxygens (including phenoxy) is 3. The summed E-state index contributed by atoms with van der Waals surface area (Å²) in [5.41, 5.74) is 4.61. The number of phosphoric ester groups is 1. The smallest absolute Gasteiger partial charge is 0.457 e. The zero-order valence-electron chi connectivity index (χ0n) is 37.2. The molecule has 7 heterocycles. The van der Waals surface area contributed by atoms with Crippen LogP contribution in [0.2, 0.25) is 0 Å². The summed E-state index contributed by atoms with van der Waals surface area (Å²) in [7, 11) is -18.4. The minimum Gasteiger partial charge on any atom is -0.457 e. The number of nitrogens with two attached hydrogens (primary N) is 1. The van der Waals surface area contributed by atoms with E-state index in [2.05, 4.69) is 52.9 Å². The second-order valence-corrected chi connectivity index (χ2v) is 21.5. The number of rotatable bonds is 13. The van der Waals surface area contributed by atoms with Crippen molar-refractivity contribution in [3.05, 3.63) is 63.2 Å². The van der Waals surface area contributed by atoms with E-state index >= 15 is 0 Å². The number of para-hydroxylation sites is 1. The molecule has 8 rings (SSSR count). The first kappa shape index (κ1) is 56.2. The first-order valence-electron chi connectivity index (χ1n) is 20.3. The van der Waals surface area contributed by atoms with Crippen LogP contribution in [-0.4, -0.2) is 136 Å². The highest BCUT2D eigenvalue weighted by Gasteiger charge is 2.48. The number of benzene rings is 1. The lowest BCUT2D eigenvalue weighted by Crippen LogP contribution is -2.33. The molecule has 0 spiro atoms. The number of aliphatic hydroxyl groups is 3. The second-order valence-electron chi connectivity index (χ2n) is 15.5. The maximum Gasteiger partial charge on any atom is 0.490 e. The molecule has 2 fully saturated rings. The topological polar surface area (TPSA) is 483 Å². The molecule has 3 unspecified atom stereocenters. The van der Waals surface area contributed by atoms with Crippen molar-refractivity contribution < 1.29 is 99.4 Å². The number of aromatic nitrogens is 8. The van der Waals surface area contributed by atoms with Crippen LogP contribution in [0.3, 0.4) is 0 Å². The van der Waals surface area contributed by atoms with Crippen molar-refractivity contribution in [3.63, 3.8) is 0 Å². The predicted molar refractivity (Wildman–Crippen MR) is 241 cm³/mol. The van der Waals surface area contributed by atoms with Crippen LogP contribution in [0.5, 0.6) is 5.75 Å². The molecule has 33 nitrogen and oxygen atoms in total. The predicted octanol–water partition coefficient (Wildman–Crippen LogP) is 0.537. The van der Waals surface area contributed by atoms with Crippen molar-refractivity contribution in [2.45, 2.75) is 70.7 Å². The lowest BCUT2D eigenvalue weighted by Gasteiger charge is -2.21. The molecule has 72 heavy (non-hydrogen) atoms. The third-order valence-corrected chi connectivity index (χ3v) is 14.8. The summed E-state index contributed by atoms with van der Waals surface area (Å²) in [6, 6.07) is 6.84. The van der Waals surface area contributed by atoms with E-state index in [4.69, 9.17) is 50.4 Å². The molecule has 3 aliphatic rings. The van der Waals surface area contributed by atoms with E-state index in [9.17, 15) is 57.9 Å². The van der Waals surface area contributed by atoms with Gasteiger partial charge in [0, 0.05) is 18.8 Å². The highest BCUT2D eigenvalue weighted by molar-refractivity contribution is 7.76. The number of phosphoric acid groups is 3. The lowest BCUT2D eigenvalue weighted by atomic mass is 10.0. The average Bonchev–Trinajstić information content (AvgIpc) is 4.03. The Kier molecular flexibility index (Phi) is 17.6. The largest absolute Gasteiger partial charge is 0.490 e. The monoisotopic (exact) mass is 1120 g/mol. The molecule has 394 valence electrons. The Morgan fingerprint density at radius 3 is 2.10 bits per heavy atom. The number of anilines is 2. The number of H-pyrrole nitrogens is 2. The van der Waals surface area contributed by atoms with Crippen LogP contribution in [0.4, 0.5) is 11.9 Å². The number of amides is 1. The zero-order valence-corrected chi connectivity index (χ0v) is 41.5. The summed E-state index contributed by atoms with van der Waals surface area (Å²) in [6.07, 6.45) is -6.07. The van der Waals surface area contributed by atoms with Crippen LogP contribution in [0.1, 0.15) is 50.5 Å². The molecular weight excluding hydrogens is 1080 g/mol. The first-order valence-corrected chi connectivity index (χ1v) is 26.9. The Hall–Kier alpha value is -5.14. The van der Waals surface area contributed by atoms with Gasteiger partial charge in [0.05, 0.1) is 32.0 Å². The Morgan fingerprint density at radius 1 is 0.889 bits per heavy atom. The molecule has 0 bridgehead atoms. The normalized spacial score (nSPS) is 25.5.